The van der Waals surface area contributed by atoms with Gasteiger partial charge in [-0.1, -0.05) is 12.1 Å². The van der Waals surface area contributed by atoms with Crippen LogP contribution in [-0.4, -0.2) is 29.5 Å². The van der Waals surface area contributed by atoms with Gasteiger partial charge in [0.1, 0.15) is 5.82 Å². The summed E-state index contributed by atoms with van der Waals surface area (Å²) in [6.07, 6.45) is 2.58. The van der Waals surface area contributed by atoms with Gasteiger partial charge in [-0.3, -0.25) is 15.1 Å². The largest absolute Gasteiger partial charge is 0.361 e. The number of halogens is 2. The van der Waals surface area contributed by atoms with Crippen molar-refractivity contribution < 1.29 is 9.31 Å². The highest BCUT2D eigenvalue weighted by Gasteiger charge is 2.07. The van der Waals surface area contributed by atoms with Crippen LogP contribution in [0.25, 0.3) is 10.9 Å². The normalized spacial score (nSPS) is 11.1. The number of nitrogens with one attached hydrogen (secondary N) is 3. The number of fused-ring (bicyclic) bond motifs is 1. The van der Waals surface area contributed by atoms with Crippen LogP contribution in [-0.2, 0) is 13.0 Å². The van der Waals surface area contributed by atoms with Crippen molar-refractivity contribution in [2.45, 2.75) is 13.0 Å². The molecule has 0 fully saturated rings. The first kappa shape index (κ1) is 21.6. The van der Waals surface area contributed by atoms with Gasteiger partial charge in [-0.2, -0.15) is 0 Å². The fourth-order valence-corrected chi connectivity index (χ4v) is 2.86. The van der Waals surface area contributed by atoms with Crippen LogP contribution in [0.4, 0.5) is 10.1 Å². The molecule has 1 aromatic heterocycles. The minimum absolute atomic E-state index is 0. The summed E-state index contributed by atoms with van der Waals surface area (Å²) in [5.41, 5.74) is 2.77. The van der Waals surface area contributed by atoms with Gasteiger partial charge in [-0.05, 0) is 35.7 Å². The van der Waals surface area contributed by atoms with Crippen molar-refractivity contribution in [3.63, 3.8) is 0 Å². The summed E-state index contributed by atoms with van der Waals surface area (Å²) in [4.78, 5) is 17.7. The van der Waals surface area contributed by atoms with Crippen molar-refractivity contribution in [1.82, 2.24) is 15.6 Å². The molecule has 0 saturated carbocycles. The van der Waals surface area contributed by atoms with Gasteiger partial charge in [-0.25, -0.2) is 4.39 Å². The van der Waals surface area contributed by atoms with Crippen LogP contribution in [0.2, 0.25) is 0 Å². The van der Waals surface area contributed by atoms with Crippen molar-refractivity contribution >= 4 is 46.5 Å². The molecule has 7 nitrogen and oxygen atoms in total. The molecule has 1 heterocycles. The van der Waals surface area contributed by atoms with Crippen molar-refractivity contribution in [2.24, 2.45) is 4.99 Å². The summed E-state index contributed by atoms with van der Waals surface area (Å²) in [5.74, 6) is 0.332. The van der Waals surface area contributed by atoms with E-state index in [-0.39, 0.29) is 35.5 Å². The van der Waals surface area contributed by atoms with Crippen LogP contribution in [0.15, 0.2) is 53.7 Å². The fraction of sp³-hybridized carbons (Fsp3) is 0.211. The van der Waals surface area contributed by atoms with Crippen LogP contribution in [0, 0.1) is 15.9 Å². The Kier molecular flexibility index (Phi) is 7.73. The standard InChI is InChI=1S/C19H20FN5O2.HI/c1-21-19(24-11-13-3-2-4-16(9-13)25(26)27)22-8-7-14-12-23-18-6-5-15(20)10-17(14)18;/h2-6,9-10,12,23H,7-8,11H2,1H3,(H2,21,22,24);1H. The first-order valence-electron chi connectivity index (χ1n) is 8.50. The summed E-state index contributed by atoms with van der Waals surface area (Å²) in [7, 11) is 1.66. The maximum absolute atomic E-state index is 13.4. The average Bonchev–Trinajstić information content (AvgIpc) is 3.06. The Morgan fingerprint density at radius 2 is 2.07 bits per heavy atom. The molecule has 148 valence electrons. The van der Waals surface area contributed by atoms with E-state index in [9.17, 15) is 14.5 Å². The van der Waals surface area contributed by atoms with E-state index in [0.29, 0.717) is 25.5 Å². The Labute approximate surface area is 178 Å². The van der Waals surface area contributed by atoms with Gasteiger partial charge in [-0.15, -0.1) is 24.0 Å². The highest BCUT2D eigenvalue weighted by Crippen LogP contribution is 2.19. The van der Waals surface area contributed by atoms with E-state index in [2.05, 4.69) is 20.6 Å². The number of non-ortho nitro benzene ring substituents is 1. The van der Waals surface area contributed by atoms with Crippen molar-refractivity contribution in [3.8, 4) is 0 Å². The number of H-pyrrole nitrogens is 1. The zero-order valence-corrected chi connectivity index (χ0v) is 17.6. The maximum atomic E-state index is 13.4. The van der Waals surface area contributed by atoms with Gasteiger partial charge in [0.05, 0.1) is 4.92 Å². The van der Waals surface area contributed by atoms with Gasteiger partial charge in [0, 0.05) is 49.4 Å². The SMILES string of the molecule is CN=C(NCCc1c[nH]c2ccc(F)cc12)NCc1cccc([N+](=O)[O-])c1.I. The highest BCUT2D eigenvalue weighted by atomic mass is 127. The number of aromatic nitrogens is 1. The van der Waals surface area contributed by atoms with Crippen molar-refractivity contribution in [2.75, 3.05) is 13.6 Å². The molecule has 0 amide bonds. The van der Waals surface area contributed by atoms with Crippen LogP contribution >= 0.6 is 24.0 Å². The molecule has 28 heavy (non-hydrogen) atoms. The number of aliphatic imine (C=N–C) groups is 1. The van der Waals surface area contributed by atoms with Gasteiger partial charge in [0.15, 0.2) is 5.96 Å². The Morgan fingerprint density at radius 1 is 1.25 bits per heavy atom. The van der Waals surface area contributed by atoms with Gasteiger partial charge in [0.25, 0.3) is 5.69 Å². The van der Waals surface area contributed by atoms with Gasteiger partial charge >= 0.3 is 0 Å². The molecule has 0 spiro atoms. The van der Waals surface area contributed by atoms with Crippen molar-refractivity contribution in [1.29, 1.82) is 0 Å². The Bertz CT molecular complexity index is 989. The molecule has 0 saturated heterocycles. The molecule has 0 radical (unpaired) electrons. The minimum atomic E-state index is -0.416. The van der Waals surface area contributed by atoms with Crippen molar-refractivity contribution in [3.05, 3.63) is 75.7 Å². The van der Waals surface area contributed by atoms with E-state index in [1.807, 2.05) is 12.3 Å². The Hall–Kier alpha value is -2.69. The van der Waals surface area contributed by atoms with Crippen LogP contribution in [0.3, 0.4) is 0 Å². The average molecular weight is 497 g/mol. The molecule has 9 heteroatoms. The molecule has 0 aliphatic heterocycles. The minimum Gasteiger partial charge on any atom is -0.361 e. The number of hydrogen-bond donors (Lipinski definition) is 3. The number of rotatable bonds is 6. The van der Waals surface area contributed by atoms with E-state index in [4.69, 9.17) is 0 Å². The second-order valence-corrected chi connectivity index (χ2v) is 6.03. The maximum Gasteiger partial charge on any atom is 0.269 e. The summed E-state index contributed by atoms with van der Waals surface area (Å²) < 4.78 is 13.4. The number of nitrogens with zero attached hydrogens (tertiary/aromatic N) is 2. The Morgan fingerprint density at radius 3 is 2.82 bits per heavy atom. The van der Waals surface area contributed by atoms with E-state index < -0.39 is 4.92 Å². The third kappa shape index (κ3) is 5.41. The van der Waals surface area contributed by atoms with Gasteiger partial charge in [0.2, 0.25) is 0 Å². The lowest BCUT2D eigenvalue weighted by atomic mass is 10.1. The van der Waals surface area contributed by atoms with E-state index >= 15 is 0 Å². The number of guanidine groups is 1. The summed E-state index contributed by atoms with van der Waals surface area (Å²) >= 11 is 0. The molecule has 0 bridgehead atoms. The predicted octanol–water partition coefficient (Wildman–Crippen LogP) is 3.74. The Balaban J connectivity index is 0.00000280. The second kappa shape index (κ2) is 10.0. The number of benzene rings is 2. The van der Waals surface area contributed by atoms with Crippen LogP contribution < -0.4 is 10.6 Å². The lowest BCUT2D eigenvalue weighted by Crippen LogP contribution is -2.37. The highest BCUT2D eigenvalue weighted by molar-refractivity contribution is 14.0. The number of nitro benzene ring substituents is 1. The van der Waals surface area contributed by atoms with Crippen LogP contribution in [0.5, 0.6) is 0 Å². The van der Waals surface area contributed by atoms with Gasteiger partial charge < -0.3 is 15.6 Å². The zero-order valence-electron chi connectivity index (χ0n) is 15.2. The predicted molar refractivity (Wildman–Crippen MR) is 119 cm³/mol. The molecular formula is C19H21FIN5O2. The smallest absolute Gasteiger partial charge is 0.269 e. The summed E-state index contributed by atoms with van der Waals surface area (Å²) in [6, 6.07) is 11.1. The number of aromatic amines is 1. The van der Waals surface area contributed by atoms with E-state index in [1.54, 1.807) is 19.2 Å². The molecule has 3 N–H and O–H groups in total. The molecule has 3 rings (SSSR count). The monoisotopic (exact) mass is 497 g/mol. The first-order valence-corrected chi connectivity index (χ1v) is 8.50. The molecular weight excluding hydrogens is 476 g/mol. The molecule has 3 aromatic rings. The third-order valence-corrected chi connectivity index (χ3v) is 4.22. The number of nitro groups is 1. The molecule has 0 aliphatic rings. The molecule has 0 aliphatic carbocycles. The molecule has 2 aromatic carbocycles. The third-order valence-electron chi connectivity index (χ3n) is 4.22. The fourth-order valence-electron chi connectivity index (χ4n) is 2.86. The summed E-state index contributed by atoms with van der Waals surface area (Å²) in [5, 5.41) is 18.0. The zero-order chi connectivity index (χ0) is 19.2. The lowest BCUT2D eigenvalue weighted by Gasteiger charge is -2.11. The quantitative estimate of drug-likeness (QED) is 0.159. The summed E-state index contributed by atoms with van der Waals surface area (Å²) in [6.45, 7) is 1.03. The molecule has 0 unspecified atom stereocenters. The molecule has 0 atom stereocenters. The van der Waals surface area contributed by atoms with Crippen LogP contribution in [0.1, 0.15) is 11.1 Å². The lowest BCUT2D eigenvalue weighted by molar-refractivity contribution is -0.384. The second-order valence-electron chi connectivity index (χ2n) is 6.03. The first-order chi connectivity index (χ1) is 13.1. The number of hydrogen-bond acceptors (Lipinski definition) is 3. The van der Waals surface area contributed by atoms with E-state index in [1.165, 1.54) is 24.3 Å². The van der Waals surface area contributed by atoms with E-state index in [0.717, 1.165) is 22.0 Å². The topological polar surface area (TPSA) is 95.3 Å².